The average molecular weight is 292 g/mol. The van der Waals surface area contributed by atoms with Crippen LogP contribution < -0.4 is 14.8 Å². The average Bonchev–Trinajstić information content (AvgIpc) is 2.92. The third-order valence-electron chi connectivity index (χ3n) is 2.65. The molecule has 20 heavy (non-hydrogen) atoms. The van der Waals surface area contributed by atoms with Gasteiger partial charge in [0.25, 0.3) is 0 Å². The molecule has 0 fully saturated rings. The van der Waals surface area contributed by atoms with E-state index in [-0.39, 0.29) is 0 Å². The van der Waals surface area contributed by atoms with Crippen LogP contribution in [0.25, 0.3) is 0 Å². The highest BCUT2D eigenvalue weighted by molar-refractivity contribution is 7.09. The third kappa shape index (κ3) is 4.21. The van der Waals surface area contributed by atoms with Gasteiger partial charge in [0.2, 0.25) is 0 Å². The summed E-state index contributed by atoms with van der Waals surface area (Å²) < 4.78 is 11.3. The number of ether oxygens (including phenoxy) is 2. The van der Waals surface area contributed by atoms with Crippen molar-refractivity contribution >= 4 is 11.3 Å². The smallest absolute Gasteiger partial charge is 0.161 e. The van der Waals surface area contributed by atoms with Crippen molar-refractivity contribution in [1.82, 2.24) is 10.3 Å². The lowest BCUT2D eigenvalue weighted by atomic mass is 10.3. The van der Waals surface area contributed by atoms with E-state index >= 15 is 0 Å². The summed E-state index contributed by atoms with van der Waals surface area (Å²) in [6, 6.07) is 7.71. The van der Waals surface area contributed by atoms with Crippen LogP contribution in [-0.4, -0.2) is 18.1 Å². The van der Waals surface area contributed by atoms with Gasteiger partial charge in [-0.15, -0.1) is 11.3 Å². The van der Waals surface area contributed by atoms with Crippen LogP contribution in [0.3, 0.4) is 0 Å². The van der Waals surface area contributed by atoms with Crippen LogP contribution in [0.2, 0.25) is 0 Å². The standard InChI is InChI=1S/C15H20N2O2S/c1-3-16-9-15-17-12(11-20-15)10-19-14-8-6-5-7-13(14)18-4-2/h5-8,11,16H,3-4,9-10H2,1-2H3. The molecule has 0 saturated heterocycles. The molecule has 0 unspecified atom stereocenters. The molecular formula is C15H20N2O2S. The maximum atomic E-state index is 5.79. The van der Waals surface area contributed by atoms with Gasteiger partial charge in [0.05, 0.1) is 12.3 Å². The van der Waals surface area contributed by atoms with Crippen molar-refractivity contribution in [3.63, 3.8) is 0 Å². The van der Waals surface area contributed by atoms with Gasteiger partial charge >= 0.3 is 0 Å². The van der Waals surface area contributed by atoms with Gasteiger partial charge in [-0.2, -0.15) is 0 Å². The van der Waals surface area contributed by atoms with Gasteiger partial charge < -0.3 is 14.8 Å². The van der Waals surface area contributed by atoms with Crippen LogP contribution in [0.5, 0.6) is 11.5 Å². The second kappa shape index (κ2) is 7.87. The van der Waals surface area contributed by atoms with Crippen molar-refractivity contribution in [1.29, 1.82) is 0 Å². The van der Waals surface area contributed by atoms with Crippen LogP contribution in [0.1, 0.15) is 24.5 Å². The molecule has 0 aliphatic rings. The minimum Gasteiger partial charge on any atom is -0.490 e. The largest absolute Gasteiger partial charge is 0.490 e. The van der Waals surface area contributed by atoms with Gasteiger partial charge in [-0.3, -0.25) is 0 Å². The summed E-state index contributed by atoms with van der Waals surface area (Å²) in [4.78, 5) is 4.53. The van der Waals surface area contributed by atoms with E-state index in [0.717, 1.165) is 35.3 Å². The molecule has 1 N–H and O–H groups in total. The van der Waals surface area contributed by atoms with E-state index in [4.69, 9.17) is 9.47 Å². The first-order valence-electron chi connectivity index (χ1n) is 6.82. The van der Waals surface area contributed by atoms with Crippen molar-refractivity contribution < 1.29 is 9.47 Å². The van der Waals surface area contributed by atoms with Crippen LogP contribution in [0, 0.1) is 0 Å². The lowest BCUT2D eigenvalue weighted by Crippen LogP contribution is -2.11. The molecule has 0 saturated carbocycles. The fourth-order valence-corrected chi connectivity index (χ4v) is 2.47. The van der Waals surface area contributed by atoms with E-state index in [1.807, 2.05) is 36.6 Å². The highest BCUT2D eigenvalue weighted by Gasteiger charge is 2.06. The fourth-order valence-electron chi connectivity index (χ4n) is 1.72. The molecular weight excluding hydrogens is 272 g/mol. The van der Waals surface area contributed by atoms with Crippen LogP contribution in [0.15, 0.2) is 29.6 Å². The SMILES string of the molecule is CCNCc1nc(COc2ccccc2OCC)cs1. The van der Waals surface area contributed by atoms with Crippen LogP contribution in [-0.2, 0) is 13.2 Å². The highest BCUT2D eigenvalue weighted by Crippen LogP contribution is 2.27. The zero-order chi connectivity index (χ0) is 14.2. The first kappa shape index (κ1) is 14.8. The summed E-state index contributed by atoms with van der Waals surface area (Å²) in [5.41, 5.74) is 0.953. The van der Waals surface area contributed by atoms with E-state index in [9.17, 15) is 0 Å². The van der Waals surface area contributed by atoms with Crippen LogP contribution >= 0.6 is 11.3 Å². The maximum Gasteiger partial charge on any atom is 0.161 e. The van der Waals surface area contributed by atoms with E-state index in [1.165, 1.54) is 0 Å². The second-order valence-electron chi connectivity index (χ2n) is 4.18. The zero-order valence-corrected chi connectivity index (χ0v) is 12.7. The molecule has 0 radical (unpaired) electrons. The number of hydrogen-bond donors (Lipinski definition) is 1. The summed E-state index contributed by atoms with van der Waals surface area (Å²) in [7, 11) is 0. The first-order chi connectivity index (χ1) is 9.83. The molecule has 2 rings (SSSR count). The molecule has 1 heterocycles. The Morgan fingerprint density at radius 1 is 1.15 bits per heavy atom. The maximum absolute atomic E-state index is 5.79. The number of rotatable bonds is 8. The van der Waals surface area contributed by atoms with E-state index in [0.29, 0.717) is 13.2 Å². The fraction of sp³-hybridized carbons (Fsp3) is 0.400. The predicted molar refractivity (Wildman–Crippen MR) is 81.4 cm³/mol. The summed E-state index contributed by atoms with van der Waals surface area (Å²) in [5, 5.41) is 6.39. The Kier molecular flexibility index (Phi) is 5.83. The molecule has 0 atom stereocenters. The van der Waals surface area contributed by atoms with Gasteiger partial charge in [-0.1, -0.05) is 19.1 Å². The van der Waals surface area contributed by atoms with E-state index in [1.54, 1.807) is 11.3 Å². The monoisotopic (exact) mass is 292 g/mol. The molecule has 0 aliphatic carbocycles. The number of nitrogens with zero attached hydrogens (tertiary/aromatic N) is 1. The Labute approximate surface area is 123 Å². The Morgan fingerprint density at radius 3 is 2.60 bits per heavy atom. The number of nitrogens with one attached hydrogen (secondary N) is 1. The minimum atomic E-state index is 0.465. The minimum absolute atomic E-state index is 0.465. The molecule has 5 heteroatoms. The van der Waals surface area contributed by atoms with Gasteiger partial charge in [0, 0.05) is 11.9 Å². The van der Waals surface area contributed by atoms with Crippen molar-refractivity contribution in [2.75, 3.05) is 13.2 Å². The van der Waals surface area contributed by atoms with Crippen molar-refractivity contribution in [3.8, 4) is 11.5 Å². The molecule has 0 amide bonds. The number of aromatic nitrogens is 1. The summed E-state index contributed by atoms with van der Waals surface area (Å²) in [6.07, 6.45) is 0. The summed E-state index contributed by atoms with van der Waals surface area (Å²) in [5.74, 6) is 1.54. The lowest BCUT2D eigenvalue weighted by molar-refractivity contribution is 0.267. The lowest BCUT2D eigenvalue weighted by Gasteiger charge is -2.10. The molecule has 0 spiro atoms. The highest BCUT2D eigenvalue weighted by atomic mass is 32.1. The molecule has 4 nitrogen and oxygen atoms in total. The zero-order valence-electron chi connectivity index (χ0n) is 11.9. The first-order valence-corrected chi connectivity index (χ1v) is 7.70. The Morgan fingerprint density at radius 2 is 1.90 bits per heavy atom. The van der Waals surface area contributed by atoms with Crippen molar-refractivity contribution in [3.05, 3.63) is 40.3 Å². The number of thiazole rings is 1. The molecule has 0 aliphatic heterocycles. The summed E-state index contributed by atoms with van der Waals surface area (Å²) in [6.45, 7) is 6.91. The number of hydrogen-bond acceptors (Lipinski definition) is 5. The Hall–Kier alpha value is -1.59. The summed E-state index contributed by atoms with van der Waals surface area (Å²) >= 11 is 1.65. The number of para-hydroxylation sites is 2. The van der Waals surface area contributed by atoms with Crippen LogP contribution in [0.4, 0.5) is 0 Å². The molecule has 108 valence electrons. The van der Waals surface area contributed by atoms with Gasteiger partial charge in [-0.05, 0) is 25.6 Å². The molecule has 1 aromatic heterocycles. The normalized spacial score (nSPS) is 10.5. The number of benzene rings is 1. The van der Waals surface area contributed by atoms with E-state index < -0.39 is 0 Å². The van der Waals surface area contributed by atoms with Crippen molar-refractivity contribution in [2.24, 2.45) is 0 Å². The van der Waals surface area contributed by atoms with Gasteiger partial charge in [0.15, 0.2) is 11.5 Å². The Bertz CT molecular complexity index is 528. The second-order valence-corrected chi connectivity index (χ2v) is 5.12. The van der Waals surface area contributed by atoms with Gasteiger partial charge in [0.1, 0.15) is 11.6 Å². The van der Waals surface area contributed by atoms with Crippen molar-refractivity contribution in [2.45, 2.75) is 27.0 Å². The molecule has 1 aromatic carbocycles. The third-order valence-corrected chi connectivity index (χ3v) is 3.55. The molecule has 2 aromatic rings. The molecule has 0 bridgehead atoms. The van der Waals surface area contributed by atoms with E-state index in [2.05, 4.69) is 17.2 Å². The predicted octanol–water partition coefficient (Wildman–Crippen LogP) is 3.23. The Balaban J connectivity index is 1.93. The quantitative estimate of drug-likeness (QED) is 0.811. The van der Waals surface area contributed by atoms with Gasteiger partial charge in [-0.25, -0.2) is 4.98 Å². The topological polar surface area (TPSA) is 43.4 Å².